The van der Waals surface area contributed by atoms with E-state index < -0.39 is 17.7 Å². The van der Waals surface area contributed by atoms with Crippen LogP contribution in [-0.4, -0.2) is 18.4 Å². The number of ether oxygens (including phenoxy) is 1. The summed E-state index contributed by atoms with van der Waals surface area (Å²) >= 11 is 0. The molecule has 0 aliphatic carbocycles. The van der Waals surface area contributed by atoms with Crippen molar-refractivity contribution < 1.29 is 27.5 Å². The van der Waals surface area contributed by atoms with Gasteiger partial charge < -0.3 is 10.1 Å². The molecule has 0 saturated heterocycles. The van der Waals surface area contributed by atoms with E-state index in [1.807, 2.05) is 30.3 Å². The van der Waals surface area contributed by atoms with Crippen LogP contribution in [0.25, 0.3) is 0 Å². The first-order valence-electron chi connectivity index (χ1n) is 7.97. The Bertz CT molecular complexity index is 745. The third-order valence-corrected chi connectivity index (χ3v) is 3.51. The molecule has 2 aromatic carbocycles. The van der Waals surface area contributed by atoms with E-state index in [-0.39, 0.29) is 37.5 Å². The molecular weight excluding hydrogens is 347 g/mol. The zero-order valence-electron chi connectivity index (χ0n) is 13.9. The maximum Gasteiger partial charge on any atom is 0.416 e. The van der Waals surface area contributed by atoms with E-state index in [0.29, 0.717) is 0 Å². The summed E-state index contributed by atoms with van der Waals surface area (Å²) in [5.41, 5.74) is 0.317. The van der Waals surface area contributed by atoms with Crippen LogP contribution in [0.3, 0.4) is 0 Å². The number of alkyl halides is 3. The number of nitrogens with one attached hydrogen (secondary N) is 1. The highest BCUT2D eigenvalue weighted by atomic mass is 19.4. The number of esters is 1. The molecule has 138 valence electrons. The van der Waals surface area contributed by atoms with E-state index >= 15 is 0 Å². The molecule has 0 aromatic heterocycles. The van der Waals surface area contributed by atoms with Crippen LogP contribution in [0.15, 0.2) is 54.6 Å². The highest BCUT2D eigenvalue weighted by Gasteiger charge is 2.30. The van der Waals surface area contributed by atoms with Gasteiger partial charge in [-0.1, -0.05) is 42.5 Å². The van der Waals surface area contributed by atoms with Crippen LogP contribution in [0.4, 0.5) is 13.2 Å². The summed E-state index contributed by atoms with van der Waals surface area (Å²) in [4.78, 5) is 23.4. The average molecular weight is 365 g/mol. The van der Waals surface area contributed by atoms with Gasteiger partial charge >= 0.3 is 12.1 Å². The summed E-state index contributed by atoms with van der Waals surface area (Å²) in [5.74, 6) is -0.815. The zero-order valence-corrected chi connectivity index (χ0v) is 13.9. The van der Waals surface area contributed by atoms with Crippen molar-refractivity contribution >= 4 is 11.9 Å². The van der Waals surface area contributed by atoms with Crippen molar-refractivity contribution in [1.29, 1.82) is 0 Å². The Morgan fingerprint density at radius 2 is 1.65 bits per heavy atom. The molecule has 0 aliphatic rings. The van der Waals surface area contributed by atoms with E-state index in [2.05, 4.69) is 5.32 Å². The lowest BCUT2D eigenvalue weighted by Gasteiger charge is -2.09. The number of rotatable bonds is 7. The van der Waals surface area contributed by atoms with Crippen LogP contribution in [0.5, 0.6) is 0 Å². The predicted molar refractivity (Wildman–Crippen MR) is 89.0 cm³/mol. The van der Waals surface area contributed by atoms with Gasteiger partial charge in [0.05, 0.1) is 18.4 Å². The fraction of sp³-hybridized carbons (Fsp3) is 0.263. The van der Waals surface area contributed by atoms with Crippen molar-refractivity contribution in [3.8, 4) is 0 Å². The number of halogens is 3. The van der Waals surface area contributed by atoms with Crippen LogP contribution < -0.4 is 5.32 Å². The highest BCUT2D eigenvalue weighted by molar-refractivity contribution is 5.79. The molecule has 1 amide bonds. The van der Waals surface area contributed by atoms with Crippen molar-refractivity contribution in [1.82, 2.24) is 5.32 Å². The molecule has 2 rings (SSSR count). The van der Waals surface area contributed by atoms with Gasteiger partial charge in [-0.15, -0.1) is 0 Å². The minimum atomic E-state index is -4.44. The van der Waals surface area contributed by atoms with Crippen molar-refractivity contribution in [2.24, 2.45) is 0 Å². The largest absolute Gasteiger partial charge is 0.461 e. The maximum absolute atomic E-state index is 12.6. The SMILES string of the molecule is O=C(Cc1ccccc1)NCCC(=O)OCc1cccc(C(F)(F)F)c1. The highest BCUT2D eigenvalue weighted by Crippen LogP contribution is 2.29. The lowest BCUT2D eigenvalue weighted by atomic mass is 10.1. The number of hydrogen-bond acceptors (Lipinski definition) is 3. The minimum absolute atomic E-state index is 0.0561. The van der Waals surface area contributed by atoms with Gasteiger partial charge in [0.15, 0.2) is 0 Å². The van der Waals surface area contributed by atoms with Gasteiger partial charge in [0.1, 0.15) is 6.61 Å². The van der Waals surface area contributed by atoms with Crippen LogP contribution in [-0.2, 0) is 33.5 Å². The molecule has 0 bridgehead atoms. The van der Waals surface area contributed by atoms with Gasteiger partial charge in [-0.2, -0.15) is 13.2 Å². The van der Waals surface area contributed by atoms with Crippen LogP contribution in [0.1, 0.15) is 23.1 Å². The number of carbonyl (C=O) groups excluding carboxylic acids is 2. The fourth-order valence-electron chi connectivity index (χ4n) is 2.22. The summed E-state index contributed by atoms with van der Waals surface area (Å²) in [6.45, 7) is -0.145. The van der Waals surface area contributed by atoms with Gasteiger partial charge in [0.25, 0.3) is 0 Å². The average Bonchev–Trinajstić information content (AvgIpc) is 2.60. The molecule has 0 fully saturated rings. The third kappa shape index (κ3) is 6.58. The second-order valence-corrected chi connectivity index (χ2v) is 5.62. The van der Waals surface area contributed by atoms with Gasteiger partial charge in [0.2, 0.25) is 5.91 Å². The van der Waals surface area contributed by atoms with Gasteiger partial charge in [-0.05, 0) is 23.3 Å². The molecule has 0 radical (unpaired) electrons. The maximum atomic E-state index is 12.6. The molecule has 4 nitrogen and oxygen atoms in total. The number of amides is 1. The summed E-state index contributed by atoms with van der Waals surface area (Å²) in [6, 6.07) is 13.7. The first kappa shape index (κ1) is 19.5. The van der Waals surface area contributed by atoms with Gasteiger partial charge in [0, 0.05) is 6.54 Å². The minimum Gasteiger partial charge on any atom is -0.461 e. The molecule has 0 aliphatic heterocycles. The Hall–Kier alpha value is -2.83. The molecule has 0 unspecified atom stereocenters. The van der Waals surface area contributed by atoms with Crippen LogP contribution in [0, 0.1) is 0 Å². The summed E-state index contributed by atoms with van der Waals surface area (Å²) in [6.07, 6.45) is -4.29. The molecule has 1 N–H and O–H groups in total. The molecule has 0 spiro atoms. The van der Waals surface area contributed by atoms with Crippen LogP contribution in [0.2, 0.25) is 0 Å². The molecule has 26 heavy (non-hydrogen) atoms. The Labute approximate surface area is 149 Å². The van der Waals surface area contributed by atoms with E-state index in [0.717, 1.165) is 17.7 Å². The monoisotopic (exact) mass is 365 g/mol. The summed E-state index contributed by atoms with van der Waals surface area (Å²) in [7, 11) is 0. The van der Waals surface area contributed by atoms with Gasteiger partial charge in [-0.3, -0.25) is 9.59 Å². The first-order valence-corrected chi connectivity index (χ1v) is 7.97. The Morgan fingerprint density at radius 1 is 0.962 bits per heavy atom. The van der Waals surface area contributed by atoms with E-state index in [1.54, 1.807) is 0 Å². The summed E-state index contributed by atoms with van der Waals surface area (Å²) in [5, 5.41) is 2.60. The molecular formula is C19H18F3NO3. The van der Waals surface area contributed by atoms with Crippen molar-refractivity contribution in [3.05, 3.63) is 71.3 Å². The number of carbonyl (C=O) groups is 2. The van der Waals surface area contributed by atoms with E-state index in [4.69, 9.17) is 4.74 Å². The molecule has 2 aromatic rings. The van der Waals surface area contributed by atoms with Crippen molar-refractivity contribution in [3.63, 3.8) is 0 Å². The number of benzene rings is 2. The van der Waals surface area contributed by atoms with Crippen molar-refractivity contribution in [2.75, 3.05) is 6.54 Å². The first-order chi connectivity index (χ1) is 12.3. The summed E-state index contributed by atoms with van der Waals surface area (Å²) < 4.78 is 42.8. The zero-order chi connectivity index (χ0) is 19.0. The molecule has 0 atom stereocenters. The quantitative estimate of drug-likeness (QED) is 0.764. The second kappa shape index (κ2) is 9.03. The smallest absolute Gasteiger partial charge is 0.416 e. The van der Waals surface area contributed by atoms with E-state index in [1.165, 1.54) is 12.1 Å². The normalized spacial score (nSPS) is 11.0. The van der Waals surface area contributed by atoms with Gasteiger partial charge in [-0.25, -0.2) is 0 Å². The van der Waals surface area contributed by atoms with Crippen LogP contribution >= 0.6 is 0 Å². The predicted octanol–water partition coefficient (Wildman–Crippen LogP) is 3.50. The van der Waals surface area contributed by atoms with Crippen molar-refractivity contribution in [2.45, 2.75) is 25.6 Å². The lowest BCUT2D eigenvalue weighted by molar-refractivity contribution is -0.144. The lowest BCUT2D eigenvalue weighted by Crippen LogP contribution is -2.27. The molecule has 7 heteroatoms. The van der Waals surface area contributed by atoms with E-state index in [9.17, 15) is 22.8 Å². The molecule has 0 heterocycles. The standard InChI is InChI=1S/C19H18F3NO3/c20-19(21,22)16-8-4-7-15(11-16)13-26-18(25)9-10-23-17(24)12-14-5-2-1-3-6-14/h1-8,11H,9-10,12-13H2,(H,23,24). The Kier molecular flexibility index (Phi) is 6.77. The third-order valence-electron chi connectivity index (χ3n) is 3.51. The Balaban J connectivity index is 1.70. The molecule has 0 saturated carbocycles. The fourth-order valence-corrected chi connectivity index (χ4v) is 2.22. The second-order valence-electron chi connectivity index (χ2n) is 5.62. The topological polar surface area (TPSA) is 55.4 Å². The Morgan fingerprint density at radius 3 is 2.35 bits per heavy atom. The number of hydrogen-bond donors (Lipinski definition) is 1.